The van der Waals surface area contributed by atoms with Gasteiger partial charge in [0.25, 0.3) is 0 Å². The highest BCUT2D eigenvalue weighted by molar-refractivity contribution is 5.91. The molecule has 2 N–H and O–H groups in total. The van der Waals surface area contributed by atoms with E-state index in [1.807, 2.05) is 12.3 Å². The second-order valence-electron chi connectivity index (χ2n) is 8.80. The Morgan fingerprint density at radius 1 is 0.886 bits per heavy atom. The molecule has 1 heterocycles. The van der Waals surface area contributed by atoms with Gasteiger partial charge in [-0.3, -0.25) is 4.98 Å². The van der Waals surface area contributed by atoms with E-state index in [0.717, 1.165) is 48.1 Å². The van der Waals surface area contributed by atoms with Gasteiger partial charge in [0.05, 0.1) is 12.6 Å². The van der Waals surface area contributed by atoms with E-state index in [1.165, 1.54) is 34.4 Å². The summed E-state index contributed by atoms with van der Waals surface area (Å²) in [5, 5.41) is 8.03. The van der Waals surface area contributed by atoms with Crippen molar-refractivity contribution in [1.82, 2.24) is 10.3 Å². The second-order valence-corrected chi connectivity index (χ2v) is 8.80. The van der Waals surface area contributed by atoms with E-state index in [9.17, 15) is 4.39 Å². The summed E-state index contributed by atoms with van der Waals surface area (Å²) >= 11 is 0. The summed E-state index contributed by atoms with van der Waals surface area (Å²) in [7, 11) is 1.60. The number of hydrogen-bond donors (Lipinski definition) is 2. The van der Waals surface area contributed by atoms with Crippen molar-refractivity contribution in [1.29, 1.82) is 0 Å². The number of aryl methyl sites for hydroxylation is 2. The number of nitrogens with one attached hydrogen (secondary N) is 2. The summed E-state index contributed by atoms with van der Waals surface area (Å²) in [6.45, 7) is 6.50. The van der Waals surface area contributed by atoms with E-state index >= 15 is 0 Å². The van der Waals surface area contributed by atoms with Crippen LogP contribution in [0.4, 0.5) is 10.1 Å². The fraction of sp³-hybridized carbons (Fsp3) is 0.276. The van der Waals surface area contributed by atoms with Crippen molar-refractivity contribution in [3.8, 4) is 5.75 Å². The predicted octanol–water partition coefficient (Wildman–Crippen LogP) is 6.60. The molecule has 0 radical (unpaired) electrons. The Labute approximate surface area is 213 Å². The highest BCUT2D eigenvalue weighted by atomic mass is 35.5. The zero-order valence-corrected chi connectivity index (χ0v) is 21.3. The Balaban J connectivity index is 0.00000342. The number of methoxy groups -OCH3 is 1. The zero-order chi connectivity index (χ0) is 23.9. The van der Waals surface area contributed by atoms with Crippen molar-refractivity contribution < 1.29 is 9.13 Å². The van der Waals surface area contributed by atoms with Crippen molar-refractivity contribution in [2.75, 3.05) is 25.5 Å². The molecule has 0 spiro atoms. The largest absolute Gasteiger partial charge is 0.496 e. The first kappa shape index (κ1) is 26.5. The Kier molecular flexibility index (Phi) is 9.47. The van der Waals surface area contributed by atoms with Gasteiger partial charge >= 0.3 is 0 Å². The summed E-state index contributed by atoms with van der Waals surface area (Å²) < 4.78 is 18.8. The van der Waals surface area contributed by atoms with Crippen LogP contribution in [0.1, 0.15) is 34.2 Å². The molecule has 0 saturated carbocycles. The number of rotatable bonds is 10. The number of anilines is 1. The molecule has 184 valence electrons. The average molecular weight is 494 g/mol. The lowest BCUT2D eigenvalue weighted by Crippen LogP contribution is -2.18. The van der Waals surface area contributed by atoms with E-state index in [-0.39, 0.29) is 18.2 Å². The SMILES string of the molecule is COc1ccc(F)cc1CNCCCNc1ccnc2cc(Cc3cc(C)cc(C)c3)ccc12.Cl. The first-order valence-corrected chi connectivity index (χ1v) is 11.7. The minimum Gasteiger partial charge on any atom is -0.496 e. The summed E-state index contributed by atoms with van der Waals surface area (Å²) in [5.41, 5.74) is 8.11. The monoisotopic (exact) mass is 493 g/mol. The van der Waals surface area contributed by atoms with E-state index < -0.39 is 0 Å². The van der Waals surface area contributed by atoms with Crippen LogP contribution in [0.5, 0.6) is 5.75 Å². The molecule has 0 atom stereocenters. The Hall–Kier alpha value is -3.15. The highest BCUT2D eigenvalue weighted by Crippen LogP contribution is 2.24. The van der Waals surface area contributed by atoms with Gasteiger partial charge in [-0.1, -0.05) is 41.5 Å². The van der Waals surface area contributed by atoms with Gasteiger partial charge in [-0.05, 0) is 74.7 Å². The lowest BCUT2D eigenvalue weighted by Gasteiger charge is -2.12. The van der Waals surface area contributed by atoms with E-state index in [2.05, 4.69) is 65.9 Å². The molecule has 4 rings (SSSR count). The predicted molar refractivity (Wildman–Crippen MR) is 145 cm³/mol. The summed E-state index contributed by atoms with van der Waals surface area (Å²) in [6, 6.07) is 19.9. The molecule has 0 aliphatic rings. The molecule has 4 aromatic rings. The first-order valence-electron chi connectivity index (χ1n) is 11.7. The van der Waals surface area contributed by atoms with Gasteiger partial charge in [-0.2, -0.15) is 0 Å². The van der Waals surface area contributed by atoms with Gasteiger partial charge in [0.1, 0.15) is 11.6 Å². The molecule has 0 fully saturated rings. The second kappa shape index (κ2) is 12.5. The van der Waals surface area contributed by atoms with Gasteiger partial charge in [0.15, 0.2) is 0 Å². The van der Waals surface area contributed by atoms with Gasteiger partial charge in [0, 0.05) is 35.9 Å². The molecule has 0 aliphatic carbocycles. The minimum absolute atomic E-state index is 0. The fourth-order valence-corrected chi connectivity index (χ4v) is 4.41. The Morgan fingerprint density at radius 3 is 2.46 bits per heavy atom. The van der Waals surface area contributed by atoms with Gasteiger partial charge in [-0.25, -0.2) is 4.39 Å². The standard InChI is InChI=1S/C29H32FN3O.ClH/c1-20-13-21(2)15-23(14-20)16-22-5-7-26-27(9-12-33-28(26)17-22)32-11-4-10-31-19-24-18-25(30)6-8-29(24)34-3;/h5-9,12-15,17-18,31H,4,10-11,16,19H2,1-3H3,(H,32,33);1H. The number of aromatic nitrogens is 1. The molecular formula is C29H33ClFN3O. The van der Waals surface area contributed by atoms with Crippen LogP contribution in [0.25, 0.3) is 10.9 Å². The van der Waals surface area contributed by atoms with Crippen LogP contribution in [-0.4, -0.2) is 25.2 Å². The zero-order valence-electron chi connectivity index (χ0n) is 20.5. The molecule has 6 heteroatoms. The van der Waals surface area contributed by atoms with Crippen LogP contribution >= 0.6 is 12.4 Å². The molecule has 0 amide bonds. The van der Waals surface area contributed by atoms with Gasteiger partial charge in [-0.15, -0.1) is 12.4 Å². The van der Waals surface area contributed by atoms with Gasteiger partial charge < -0.3 is 15.4 Å². The summed E-state index contributed by atoms with van der Waals surface area (Å²) in [4.78, 5) is 4.60. The number of benzene rings is 3. The van der Waals surface area contributed by atoms with E-state index in [0.29, 0.717) is 12.3 Å². The number of hydrogen-bond acceptors (Lipinski definition) is 4. The Bertz CT molecular complexity index is 1260. The molecule has 0 aliphatic heterocycles. The minimum atomic E-state index is -0.249. The number of fused-ring (bicyclic) bond motifs is 1. The molecule has 0 saturated heterocycles. The van der Waals surface area contributed by atoms with Crippen LogP contribution in [-0.2, 0) is 13.0 Å². The topological polar surface area (TPSA) is 46.2 Å². The van der Waals surface area contributed by atoms with Crippen LogP contribution < -0.4 is 15.4 Å². The number of nitrogens with zero attached hydrogens (tertiary/aromatic N) is 1. The Morgan fingerprint density at radius 2 is 1.69 bits per heavy atom. The maximum absolute atomic E-state index is 13.5. The maximum Gasteiger partial charge on any atom is 0.123 e. The van der Waals surface area contributed by atoms with Crippen molar-refractivity contribution in [2.24, 2.45) is 0 Å². The maximum atomic E-state index is 13.5. The number of ether oxygens (including phenoxy) is 1. The van der Waals surface area contributed by atoms with Crippen molar-refractivity contribution in [2.45, 2.75) is 33.2 Å². The van der Waals surface area contributed by atoms with Crippen molar-refractivity contribution >= 4 is 29.0 Å². The number of pyridine rings is 1. The third kappa shape index (κ3) is 7.17. The third-order valence-corrected chi connectivity index (χ3v) is 5.90. The molecule has 1 aromatic heterocycles. The number of halogens is 2. The molecule has 3 aromatic carbocycles. The smallest absolute Gasteiger partial charge is 0.123 e. The normalized spacial score (nSPS) is 10.7. The quantitative estimate of drug-likeness (QED) is 0.244. The average Bonchev–Trinajstić information content (AvgIpc) is 2.80. The third-order valence-electron chi connectivity index (χ3n) is 5.90. The van der Waals surface area contributed by atoms with Crippen LogP contribution in [0.15, 0.2) is 66.9 Å². The lowest BCUT2D eigenvalue weighted by molar-refractivity contribution is 0.406. The fourth-order valence-electron chi connectivity index (χ4n) is 4.41. The van der Waals surface area contributed by atoms with Crippen LogP contribution in [0.2, 0.25) is 0 Å². The molecule has 0 unspecified atom stereocenters. The van der Waals surface area contributed by atoms with Gasteiger partial charge in [0.2, 0.25) is 0 Å². The molecular weight excluding hydrogens is 461 g/mol. The van der Waals surface area contributed by atoms with E-state index in [1.54, 1.807) is 13.2 Å². The molecule has 35 heavy (non-hydrogen) atoms. The van der Waals surface area contributed by atoms with Crippen molar-refractivity contribution in [3.05, 3.63) is 100 Å². The first-order chi connectivity index (χ1) is 16.5. The van der Waals surface area contributed by atoms with E-state index in [4.69, 9.17) is 4.74 Å². The van der Waals surface area contributed by atoms with Crippen LogP contribution in [0, 0.1) is 19.7 Å². The molecule has 0 bridgehead atoms. The lowest BCUT2D eigenvalue weighted by atomic mass is 9.99. The summed E-state index contributed by atoms with van der Waals surface area (Å²) in [5.74, 6) is 0.452. The highest BCUT2D eigenvalue weighted by Gasteiger charge is 2.06. The molecule has 4 nitrogen and oxygen atoms in total. The summed E-state index contributed by atoms with van der Waals surface area (Å²) in [6.07, 6.45) is 3.70. The van der Waals surface area contributed by atoms with Crippen LogP contribution in [0.3, 0.4) is 0 Å². The van der Waals surface area contributed by atoms with Crippen molar-refractivity contribution in [3.63, 3.8) is 0 Å².